The highest BCUT2D eigenvalue weighted by molar-refractivity contribution is 7.92. The number of hydrogen-bond donors (Lipinski definition) is 1. The molecule has 3 aromatic carbocycles. The van der Waals surface area contributed by atoms with Crippen molar-refractivity contribution in [1.82, 2.24) is 10.2 Å². The normalized spacial score (nSPS) is 12.8. The number of sulfonamides is 1. The minimum absolute atomic E-state index is 0.0229. The number of halogens is 3. The fraction of sp³-hybridized carbons (Fsp3) is 0.310. The van der Waals surface area contributed by atoms with Crippen LogP contribution >= 0.6 is 34.8 Å². The number of nitrogens with one attached hydrogen (secondary N) is 1. The Morgan fingerprint density at radius 3 is 2.08 bits per heavy atom. The molecule has 0 aliphatic heterocycles. The maximum atomic E-state index is 14.1. The minimum atomic E-state index is -4.18. The number of carbonyl (C=O) groups is 2. The lowest BCUT2D eigenvalue weighted by atomic mass is 10.1. The van der Waals surface area contributed by atoms with Crippen molar-refractivity contribution in [2.24, 2.45) is 0 Å². The van der Waals surface area contributed by atoms with E-state index in [4.69, 9.17) is 34.8 Å². The third-order valence-electron chi connectivity index (χ3n) is 6.47. The Hall–Kier alpha value is -2.78. The second-order valence-electron chi connectivity index (χ2n) is 9.30. The summed E-state index contributed by atoms with van der Waals surface area (Å²) in [4.78, 5) is 28.7. The number of anilines is 1. The molecule has 3 rings (SSSR count). The van der Waals surface area contributed by atoms with E-state index in [2.05, 4.69) is 5.32 Å². The summed E-state index contributed by atoms with van der Waals surface area (Å²) in [5.41, 5.74) is 0.869. The minimum Gasteiger partial charge on any atom is -0.352 e. The first-order valence-electron chi connectivity index (χ1n) is 12.8. The van der Waals surface area contributed by atoms with E-state index < -0.39 is 28.5 Å². The van der Waals surface area contributed by atoms with Crippen molar-refractivity contribution >= 4 is 62.3 Å². The van der Waals surface area contributed by atoms with Gasteiger partial charge in [0, 0.05) is 27.7 Å². The Bertz CT molecular complexity index is 1420. The highest BCUT2D eigenvalue weighted by Gasteiger charge is 2.34. The van der Waals surface area contributed by atoms with Crippen LogP contribution in [0, 0.1) is 0 Å². The molecule has 214 valence electrons. The van der Waals surface area contributed by atoms with E-state index in [-0.39, 0.29) is 23.4 Å². The Balaban J connectivity index is 2.06. The summed E-state index contributed by atoms with van der Waals surface area (Å²) in [7, 11) is -4.18. The Labute approximate surface area is 251 Å². The van der Waals surface area contributed by atoms with Gasteiger partial charge in [-0.25, -0.2) is 8.42 Å². The molecule has 0 aliphatic carbocycles. The lowest BCUT2D eigenvalue weighted by molar-refractivity contribution is -0.140. The SMILES string of the molecule is CC[C@@H](C)NC(=O)[C@@H](CC)N(Cc1ccc(Cl)cc1Cl)C(=O)CN(c1ccccc1)S(=O)(=O)c1ccc(Cl)cc1. The van der Waals surface area contributed by atoms with Crippen LogP contribution in [0.4, 0.5) is 5.69 Å². The number of rotatable bonds is 12. The molecule has 0 spiro atoms. The smallest absolute Gasteiger partial charge is 0.264 e. The van der Waals surface area contributed by atoms with Gasteiger partial charge in [-0.3, -0.25) is 13.9 Å². The standard InChI is InChI=1S/C29H32Cl3N3O4S/c1-4-20(3)33-29(37)27(5-2)34(18-21-11-12-23(31)17-26(21)32)28(36)19-35(24-9-7-6-8-10-24)40(38,39)25-15-13-22(30)14-16-25/h6-17,20,27H,4-5,18-19H2,1-3H3,(H,33,37)/t20-,27-/m1/s1. The fourth-order valence-corrected chi connectivity index (χ4v) is 6.06. The van der Waals surface area contributed by atoms with Gasteiger partial charge in [0.15, 0.2) is 0 Å². The molecule has 0 saturated heterocycles. The molecule has 0 radical (unpaired) electrons. The summed E-state index contributed by atoms with van der Waals surface area (Å²) < 4.78 is 28.6. The van der Waals surface area contributed by atoms with Gasteiger partial charge in [0.2, 0.25) is 11.8 Å². The highest BCUT2D eigenvalue weighted by atomic mass is 35.5. The van der Waals surface area contributed by atoms with Gasteiger partial charge in [-0.05, 0) is 73.9 Å². The number of para-hydroxylation sites is 1. The van der Waals surface area contributed by atoms with Gasteiger partial charge < -0.3 is 10.2 Å². The molecule has 0 fully saturated rings. The van der Waals surface area contributed by atoms with E-state index in [0.29, 0.717) is 39.2 Å². The number of nitrogens with zero attached hydrogens (tertiary/aromatic N) is 2. The Kier molecular flexibility index (Phi) is 11.3. The molecule has 1 N–H and O–H groups in total. The summed E-state index contributed by atoms with van der Waals surface area (Å²) in [5.74, 6) is -0.902. The second kappa shape index (κ2) is 14.2. The molecular weight excluding hydrogens is 593 g/mol. The van der Waals surface area contributed by atoms with E-state index in [1.807, 2.05) is 13.8 Å². The van der Waals surface area contributed by atoms with Crippen LogP contribution in [-0.2, 0) is 26.2 Å². The van der Waals surface area contributed by atoms with Crippen LogP contribution in [0.25, 0.3) is 0 Å². The van der Waals surface area contributed by atoms with Crippen LogP contribution in [-0.4, -0.2) is 43.8 Å². The molecule has 0 unspecified atom stereocenters. The lowest BCUT2D eigenvalue weighted by Crippen LogP contribution is -2.53. The third-order valence-corrected chi connectivity index (χ3v) is 9.09. The summed E-state index contributed by atoms with van der Waals surface area (Å²) in [5, 5.41) is 4.08. The molecule has 3 aromatic rings. The van der Waals surface area contributed by atoms with Crippen LogP contribution in [0.5, 0.6) is 0 Å². The summed E-state index contributed by atoms with van der Waals surface area (Å²) in [6.07, 6.45) is 1.01. The average molecular weight is 625 g/mol. The van der Waals surface area contributed by atoms with Gasteiger partial charge in [-0.1, -0.05) is 72.9 Å². The zero-order valence-electron chi connectivity index (χ0n) is 22.5. The topological polar surface area (TPSA) is 86.8 Å². The van der Waals surface area contributed by atoms with Crippen LogP contribution in [0.2, 0.25) is 15.1 Å². The predicted molar refractivity (Wildman–Crippen MR) is 161 cm³/mol. The molecule has 0 aromatic heterocycles. The van der Waals surface area contributed by atoms with Crippen LogP contribution in [0.3, 0.4) is 0 Å². The molecule has 7 nitrogen and oxygen atoms in total. The number of hydrogen-bond acceptors (Lipinski definition) is 4. The monoisotopic (exact) mass is 623 g/mol. The van der Waals surface area contributed by atoms with Crippen molar-refractivity contribution in [3.05, 3.63) is 93.4 Å². The Morgan fingerprint density at radius 2 is 1.50 bits per heavy atom. The number of benzene rings is 3. The zero-order valence-corrected chi connectivity index (χ0v) is 25.6. The number of amides is 2. The molecule has 2 amide bonds. The van der Waals surface area contributed by atoms with Gasteiger partial charge in [-0.15, -0.1) is 0 Å². The number of carbonyl (C=O) groups excluding carboxylic acids is 2. The quantitative estimate of drug-likeness (QED) is 0.247. The van der Waals surface area contributed by atoms with Crippen LogP contribution in [0.1, 0.15) is 39.2 Å². The Morgan fingerprint density at radius 1 is 0.875 bits per heavy atom. The largest absolute Gasteiger partial charge is 0.352 e. The van der Waals surface area contributed by atoms with Crippen molar-refractivity contribution in [2.75, 3.05) is 10.8 Å². The van der Waals surface area contributed by atoms with E-state index in [1.165, 1.54) is 29.2 Å². The van der Waals surface area contributed by atoms with Crippen LogP contribution < -0.4 is 9.62 Å². The highest BCUT2D eigenvalue weighted by Crippen LogP contribution is 2.27. The average Bonchev–Trinajstić information content (AvgIpc) is 2.93. The molecule has 2 atom stereocenters. The molecular formula is C29H32Cl3N3O4S. The first-order valence-corrected chi connectivity index (χ1v) is 15.4. The molecule has 0 saturated carbocycles. The first-order chi connectivity index (χ1) is 19.0. The molecule has 0 heterocycles. The summed E-state index contributed by atoms with van der Waals surface area (Å²) in [6, 6.07) is 18.0. The maximum Gasteiger partial charge on any atom is 0.264 e. The lowest BCUT2D eigenvalue weighted by Gasteiger charge is -2.34. The summed E-state index contributed by atoms with van der Waals surface area (Å²) >= 11 is 18.5. The van der Waals surface area contributed by atoms with Crippen molar-refractivity contribution < 1.29 is 18.0 Å². The van der Waals surface area contributed by atoms with Gasteiger partial charge >= 0.3 is 0 Å². The van der Waals surface area contributed by atoms with E-state index >= 15 is 0 Å². The third kappa shape index (κ3) is 7.91. The van der Waals surface area contributed by atoms with Crippen molar-refractivity contribution in [1.29, 1.82) is 0 Å². The molecule has 40 heavy (non-hydrogen) atoms. The summed E-state index contributed by atoms with van der Waals surface area (Å²) in [6.45, 7) is 5.05. The molecule has 0 aliphatic rings. The van der Waals surface area contributed by atoms with Crippen molar-refractivity contribution in [3.8, 4) is 0 Å². The van der Waals surface area contributed by atoms with E-state index in [1.54, 1.807) is 55.5 Å². The zero-order chi connectivity index (χ0) is 29.4. The fourth-order valence-electron chi connectivity index (χ4n) is 4.05. The molecule has 11 heteroatoms. The van der Waals surface area contributed by atoms with Gasteiger partial charge in [0.25, 0.3) is 10.0 Å². The molecule has 0 bridgehead atoms. The van der Waals surface area contributed by atoms with Gasteiger partial charge in [0.05, 0.1) is 10.6 Å². The van der Waals surface area contributed by atoms with E-state index in [9.17, 15) is 18.0 Å². The van der Waals surface area contributed by atoms with Crippen molar-refractivity contribution in [3.63, 3.8) is 0 Å². The second-order valence-corrected chi connectivity index (χ2v) is 12.4. The first kappa shape index (κ1) is 31.7. The van der Waals surface area contributed by atoms with Crippen LogP contribution in [0.15, 0.2) is 77.7 Å². The van der Waals surface area contributed by atoms with Gasteiger partial charge in [-0.2, -0.15) is 0 Å². The van der Waals surface area contributed by atoms with E-state index in [0.717, 1.165) is 4.31 Å². The maximum absolute atomic E-state index is 14.1. The predicted octanol–water partition coefficient (Wildman–Crippen LogP) is 6.56. The van der Waals surface area contributed by atoms with Crippen molar-refractivity contribution in [2.45, 2.75) is 57.1 Å². The van der Waals surface area contributed by atoms with Gasteiger partial charge in [0.1, 0.15) is 12.6 Å².